The number of methoxy groups -OCH3 is 1. The predicted octanol–water partition coefficient (Wildman–Crippen LogP) is 0.749. The van der Waals surface area contributed by atoms with Gasteiger partial charge >= 0.3 is 5.69 Å². The SMILES string of the molecule is COc1ccc(-c2c[nH]c(=O)n(C)c2=O)cc1. The van der Waals surface area contributed by atoms with Gasteiger partial charge in [-0.15, -0.1) is 0 Å². The summed E-state index contributed by atoms with van der Waals surface area (Å²) in [6, 6.07) is 7.07. The van der Waals surface area contributed by atoms with Crippen molar-refractivity contribution >= 4 is 0 Å². The Kier molecular flexibility index (Phi) is 2.82. The van der Waals surface area contributed by atoms with Crippen molar-refractivity contribution in [2.75, 3.05) is 7.11 Å². The zero-order valence-corrected chi connectivity index (χ0v) is 9.56. The Morgan fingerprint density at radius 2 is 1.82 bits per heavy atom. The van der Waals surface area contributed by atoms with Gasteiger partial charge in [0.15, 0.2) is 0 Å². The van der Waals surface area contributed by atoms with Gasteiger partial charge in [-0.05, 0) is 17.7 Å². The quantitative estimate of drug-likeness (QED) is 0.831. The van der Waals surface area contributed by atoms with E-state index in [0.717, 1.165) is 15.9 Å². The van der Waals surface area contributed by atoms with E-state index in [2.05, 4.69) is 4.98 Å². The third-order valence-corrected chi connectivity index (χ3v) is 2.58. The molecule has 0 atom stereocenters. The number of hydrogen-bond donors (Lipinski definition) is 1. The average Bonchev–Trinajstić information content (AvgIpc) is 2.36. The fourth-order valence-corrected chi connectivity index (χ4v) is 1.54. The van der Waals surface area contributed by atoms with Crippen LogP contribution in [0.2, 0.25) is 0 Å². The first-order valence-electron chi connectivity index (χ1n) is 5.06. The third-order valence-electron chi connectivity index (χ3n) is 2.58. The molecule has 1 aromatic carbocycles. The van der Waals surface area contributed by atoms with Gasteiger partial charge in [0.05, 0.1) is 12.7 Å². The zero-order valence-electron chi connectivity index (χ0n) is 9.56. The normalized spacial score (nSPS) is 10.2. The van der Waals surface area contributed by atoms with Crippen molar-refractivity contribution in [1.82, 2.24) is 9.55 Å². The fourth-order valence-electron chi connectivity index (χ4n) is 1.54. The van der Waals surface area contributed by atoms with Crippen LogP contribution in [-0.4, -0.2) is 16.7 Å². The smallest absolute Gasteiger partial charge is 0.328 e. The van der Waals surface area contributed by atoms with Crippen LogP contribution in [-0.2, 0) is 7.05 Å². The molecular weight excluding hydrogens is 220 g/mol. The van der Waals surface area contributed by atoms with Gasteiger partial charge in [0.1, 0.15) is 5.75 Å². The summed E-state index contributed by atoms with van der Waals surface area (Å²) < 4.78 is 6.08. The first-order valence-corrected chi connectivity index (χ1v) is 5.06. The molecule has 2 rings (SSSR count). The second-order valence-electron chi connectivity index (χ2n) is 3.60. The molecule has 0 saturated carbocycles. The van der Waals surface area contributed by atoms with E-state index in [1.54, 1.807) is 31.4 Å². The molecule has 0 aliphatic carbocycles. The maximum atomic E-state index is 11.9. The zero-order chi connectivity index (χ0) is 12.4. The standard InChI is InChI=1S/C12H12N2O3/c1-14-11(15)10(7-13-12(14)16)8-3-5-9(17-2)6-4-8/h3-7H,1-2H3,(H,13,16). The van der Waals surface area contributed by atoms with Gasteiger partial charge in [-0.3, -0.25) is 9.36 Å². The van der Waals surface area contributed by atoms with Gasteiger partial charge in [0, 0.05) is 13.2 Å². The number of rotatable bonds is 2. The lowest BCUT2D eigenvalue weighted by atomic mass is 10.1. The molecule has 0 spiro atoms. The lowest BCUT2D eigenvalue weighted by Crippen LogP contribution is -2.32. The number of aromatic amines is 1. The Morgan fingerprint density at radius 1 is 1.18 bits per heavy atom. The van der Waals surface area contributed by atoms with Crippen LogP contribution >= 0.6 is 0 Å². The Labute approximate surface area is 97.3 Å². The summed E-state index contributed by atoms with van der Waals surface area (Å²) in [6.45, 7) is 0. The van der Waals surface area contributed by atoms with Gasteiger partial charge in [0.2, 0.25) is 0 Å². The van der Waals surface area contributed by atoms with Gasteiger partial charge in [-0.2, -0.15) is 0 Å². The maximum Gasteiger partial charge on any atom is 0.328 e. The minimum atomic E-state index is -0.424. The van der Waals surface area contributed by atoms with E-state index in [1.165, 1.54) is 13.2 Å². The highest BCUT2D eigenvalue weighted by molar-refractivity contribution is 5.62. The second kappa shape index (κ2) is 4.29. The summed E-state index contributed by atoms with van der Waals surface area (Å²) in [4.78, 5) is 25.6. The molecular formula is C12H12N2O3. The molecule has 1 heterocycles. The van der Waals surface area contributed by atoms with Crippen LogP contribution in [0.15, 0.2) is 40.1 Å². The first-order chi connectivity index (χ1) is 8.13. The van der Waals surface area contributed by atoms with Crippen molar-refractivity contribution < 1.29 is 4.74 Å². The molecule has 88 valence electrons. The predicted molar refractivity (Wildman–Crippen MR) is 64.3 cm³/mol. The first kappa shape index (κ1) is 11.2. The summed E-state index contributed by atoms with van der Waals surface area (Å²) >= 11 is 0. The van der Waals surface area contributed by atoms with Crippen molar-refractivity contribution in [2.45, 2.75) is 0 Å². The third kappa shape index (κ3) is 1.99. The highest BCUT2D eigenvalue weighted by Gasteiger charge is 2.06. The van der Waals surface area contributed by atoms with Crippen molar-refractivity contribution in [3.63, 3.8) is 0 Å². The Morgan fingerprint density at radius 3 is 2.41 bits per heavy atom. The van der Waals surface area contributed by atoms with Crippen LogP contribution in [0.25, 0.3) is 11.1 Å². The lowest BCUT2D eigenvalue weighted by Gasteiger charge is -2.04. The highest BCUT2D eigenvalue weighted by atomic mass is 16.5. The summed E-state index contributed by atoms with van der Waals surface area (Å²) in [6.07, 6.45) is 1.42. The molecule has 0 fully saturated rings. The molecule has 0 saturated heterocycles. The summed E-state index contributed by atoms with van der Waals surface area (Å²) in [5.74, 6) is 0.718. The monoisotopic (exact) mass is 232 g/mol. The van der Waals surface area contributed by atoms with Crippen molar-refractivity contribution in [3.8, 4) is 16.9 Å². The summed E-state index contributed by atoms with van der Waals surface area (Å²) in [5, 5.41) is 0. The molecule has 5 heteroatoms. The average molecular weight is 232 g/mol. The Bertz CT molecular complexity index is 638. The molecule has 0 amide bonds. The number of ether oxygens (including phenoxy) is 1. The number of aromatic nitrogens is 2. The molecule has 0 aliphatic heterocycles. The van der Waals surface area contributed by atoms with Crippen LogP contribution in [0.4, 0.5) is 0 Å². The summed E-state index contributed by atoms with van der Waals surface area (Å²) in [5.41, 5.74) is 0.448. The molecule has 5 nitrogen and oxygen atoms in total. The molecule has 0 bridgehead atoms. The van der Waals surface area contributed by atoms with Crippen LogP contribution < -0.4 is 16.0 Å². The second-order valence-corrected chi connectivity index (χ2v) is 3.60. The molecule has 0 unspecified atom stereocenters. The van der Waals surface area contributed by atoms with Gasteiger partial charge in [-0.25, -0.2) is 4.79 Å². The van der Waals surface area contributed by atoms with Crippen LogP contribution in [0.1, 0.15) is 0 Å². The van der Waals surface area contributed by atoms with Gasteiger partial charge in [-0.1, -0.05) is 12.1 Å². The minimum Gasteiger partial charge on any atom is -0.497 e. The minimum absolute atomic E-state index is 0.320. The molecule has 1 N–H and O–H groups in total. The van der Waals surface area contributed by atoms with Gasteiger partial charge in [0.25, 0.3) is 5.56 Å². The fraction of sp³-hybridized carbons (Fsp3) is 0.167. The molecule has 0 aliphatic rings. The van der Waals surface area contributed by atoms with E-state index < -0.39 is 5.69 Å². The molecule has 0 radical (unpaired) electrons. The van der Waals surface area contributed by atoms with E-state index in [9.17, 15) is 9.59 Å². The lowest BCUT2D eigenvalue weighted by molar-refractivity contribution is 0.415. The van der Waals surface area contributed by atoms with Crippen molar-refractivity contribution in [3.05, 3.63) is 51.3 Å². The van der Waals surface area contributed by atoms with E-state index in [4.69, 9.17) is 4.74 Å². The van der Waals surface area contributed by atoms with Crippen LogP contribution in [0.3, 0.4) is 0 Å². The number of nitrogens with zero attached hydrogens (tertiary/aromatic N) is 1. The highest BCUT2D eigenvalue weighted by Crippen LogP contribution is 2.18. The topological polar surface area (TPSA) is 64.1 Å². The van der Waals surface area contributed by atoms with Crippen molar-refractivity contribution in [2.24, 2.45) is 7.05 Å². The Balaban J connectivity index is 2.57. The van der Waals surface area contributed by atoms with Crippen LogP contribution in [0, 0.1) is 0 Å². The molecule has 17 heavy (non-hydrogen) atoms. The van der Waals surface area contributed by atoms with Crippen LogP contribution in [0.5, 0.6) is 5.75 Å². The largest absolute Gasteiger partial charge is 0.497 e. The van der Waals surface area contributed by atoms with E-state index in [1.807, 2.05) is 0 Å². The summed E-state index contributed by atoms with van der Waals surface area (Å²) in [7, 11) is 3.02. The number of nitrogens with one attached hydrogen (secondary N) is 1. The molecule has 2 aromatic rings. The molecule has 1 aromatic heterocycles. The number of benzene rings is 1. The van der Waals surface area contributed by atoms with E-state index in [-0.39, 0.29) is 5.56 Å². The number of hydrogen-bond acceptors (Lipinski definition) is 3. The maximum absolute atomic E-state index is 11.9. The van der Waals surface area contributed by atoms with Crippen molar-refractivity contribution in [1.29, 1.82) is 0 Å². The van der Waals surface area contributed by atoms with E-state index in [0.29, 0.717) is 5.56 Å². The Hall–Kier alpha value is -2.30. The number of H-pyrrole nitrogens is 1. The van der Waals surface area contributed by atoms with Gasteiger partial charge < -0.3 is 9.72 Å². The van der Waals surface area contributed by atoms with E-state index >= 15 is 0 Å².